The van der Waals surface area contributed by atoms with Gasteiger partial charge in [-0.3, -0.25) is 0 Å². The second kappa shape index (κ2) is 7.55. The number of likely N-dealkylation sites (tertiary alicyclic amines) is 1. The third kappa shape index (κ3) is 4.76. The van der Waals surface area contributed by atoms with Gasteiger partial charge < -0.3 is 4.90 Å². The van der Waals surface area contributed by atoms with E-state index in [9.17, 15) is 8.42 Å². The van der Waals surface area contributed by atoms with Crippen molar-refractivity contribution < 1.29 is 8.42 Å². The first-order chi connectivity index (χ1) is 9.92. The van der Waals surface area contributed by atoms with Crippen molar-refractivity contribution in [2.24, 2.45) is 0 Å². The number of hydrogen-bond acceptors (Lipinski definition) is 3. The first-order valence-electron chi connectivity index (χ1n) is 7.12. The second-order valence-electron chi connectivity index (χ2n) is 5.31. The van der Waals surface area contributed by atoms with Crippen LogP contribution in [0.15, 0.2) is 32.0 Å². The molecule has 0 aromatic heterocycles. The molecule has 1 aliphatic heterocycles. The number of hydrogen-bond donors (Lipinski definition) is 1. The largest absolute Gasteiger partial charge is 0.303 e. The Morgan fingerprint density at radius 2 is 1.95 bits per heavy atom. The first kappa shape index (κ1) is 17.4. The lowest BCUT2D eigenvalue weighted by atomic mass is 10.1. The Morgan fingerprint density at radius 3 is 2.57 bits per heavy atom. The Hall–Kier alpha value is 0.0500. The minimum atomic E-state index is -3.49. The molecule has 0 atom stereocenters. The van der Waals surface area contributed by atoms with Gasteiger partial charge in [-0.05, 0) is 73.0 Å². The van der Waals surface area contributed by atoms with Crippen LogP contribution in [0, 0.1) is 0 Å². The molecule has 118 valence electrons. The van der Waals surface area contributed by atoms with Crippen LogP contribution in [0.5, 0.6) is 0 Å². The van der Waals surface area contributed by atoms with Gasteiger partial charge in [0, 0.05) is 15.0 Å². The van der Waals surface area contributed by atoms with E-state index in [4.69, 9.17) is 0 Å². The highest BCUT2D eigenvalue weighted by molar-refractivity contribution is 9.11. The highest BCUT2D eigenvalue weighted by atomic mass is 79.9. The molecule has 1 aliphatic rings. The Labute approximate surface area is 143 Å². The van der Waals surface area contributed by atoms with E-state index in [0.717, 1.165) is 43.4 Å². The highest BCUT2D eigenvalue weighted by Gasteiger charge is 2.25. The van der Waals surface area contributed by atoms with Gasteiger partial charge in [0.1, 0.15) is 0 Å². The Morgan fingerprint density at radius 1 is 1.29 bits per heavy atom. The van der Waals surface area contributed by atoms with Crippen molar-refractivity contribution in [3.63, 3.8) is 0 Å². The monoisotopic (exact) mass is 438 g/mol. The van der Waals surface area contributed by atoms with Gasteiger partial charge in [-0.15, -0.1) is 0 Å². The number of rotatable bonds is 5. The zero-order valence-corrected chi connectivity index (χ0v) is 16.0. The number of nitrogens with zero attached hydrogens (tertiary/aromatic N) is 1. The first-order valence-corrected chi connectivity index (χ1v) is 10.2. The molecule has 1 aromatic carbocycles. The smallest absolute Gasteiger partial charge is 0.241 e. The topological polar surface area (TPSA) is 49.4 Å². The molecular weight excluding hydrogens is 420 g/mol. The minimum absolute atomic E-state index is 0.0222. The Kier molecular flexibility index (Phi) is 6.25. The van der Waals surface area contributed by atoms with E-state index in [-0.39, 0.29) is 10.9 Å². The summed E-state index contributed by atoms with van der Waals surface area (Å²) in [6, 6.07) is 5.20. The van der Waals surface area contributed by atoms with Crippen molar-refractivity contribution in [3.8, 4) is 0 Å². The molecule has 0 radical (unpaired) electrons. The molecule has 1 aromatic rings. The average molecular weight is 440 g/mol. The van der Waals surface area contributed by atoms with Crippen molar-refractivity contribution in [3.05, 3.63) is 27.1 Å². The van der Waals surface area contributed by atoms with E-state index < -0.39 is 10.0 Å². The van der Waals surface area contributed by atoms with Crippen LogP contribution in [0.1, 0.15) is 26.2 Å². The maximum Gasteiger partial charge on any atom is 0.241 e. The third-order valence-corrected chi connectivity index (χ3v) is 6.64. The fraction of sp³-hybridized carbons (Fsp3) is 0.571. The van der Waals surface area contributed by atoms with E-state index in [1.165, 1.54) is 0 Å². The lowest BCUT2D eigenvalue weighted by Gasteiger charge is -2.31. The van der Waals surface area contributed by atoms with Crippen LogP contribution in [0.3, 0.4) is 0 Å². The summed E-state index contributed by atoms with van der Waals surface area (Å²) in [5.41, 5.74) is 0. The van der Waals surface area contributed by atoms with E-state index in [2.05, 4.69) is 48.4 Å². The molecule has 0 unspecified atom stereocenters. The minimum Gasteiger partial charge on any atom is -0.303 e. The van der Waals surface area contributed by atoms with Crippen LogP contribution >= 0.6 is 31.9 Å². The molecular formula is C14H20Br2N2O2S. The SMILES string of the molecule is CCCN1CCC(NS(=O)(=O)c2cc(Br)ccc2Br)CC1. The van der Waals surface area contributed by atoms with Crippen molar-refractivity contribution in [1.29, 1.82) is 0 Å². The Bertz CT molecular complexity index is 585. The van der Waals surface area contributed by atoms with E-state index in [1.54, 1.807) is 12.1 Å². The summed E-state index contributed by atoms with van der Waals surface area (Å²) in [5.74, 6) is 0. The predicted octanol–water partition coefficient (Wildman–Crippen LogP) is 3.36. The summed E-state index contributed by atoms with van der Waals surface area (Å²) < 4.78 is 29.2. The maximum atomic E-state index is 12.5. The number of piperidine rings is 1. The normalized spacial score (nSPS) is 18.0. The van der Waals surface area contributed by atoms with E-state index in [1.807, 2.05) is 6.07 Å². The van der Waals surface area contributed by atoms with Crippen LogP contribution in [-0.2, 0) is 10.0 Å². The average Bonchev–Trinajstić information content (AvgIpc) is 2.43. The molecule has 21 heavy (non-hydrogen) atoms. The summed E-state index contributed by atoms with van der Waals surface area (Å²) >= 11 is 6.63. The van der Waals surface area contributed by atoms with Crippen molar-refractivity contribution in [2.45, 2.75) is 37.1 Å². The van der Waals surface area contributed by atoms with Gasteiger partial charge >= 0.3 is 0 Å². The van der Waals surface area contributed by atoms with Crippen molar-refractivity contribution in [2.75, 3.05) is 19.6 Å². The number of sulfonamides is 1. The molecule has 0 bridgehead atoms. The lowest BCUT2D eigenvalue weighted by molar-refractivity contribution is 0.208. The second-order valence-corrected chi connectivity index (χ2v) is 8.76. The Balaban J connectivity index is 2.04. The van der Waals surface area contributed by atoms with Gasteiger partial charge in [0.2, 0.25) is 10.0 Å². The van der Waals surface area contributed by atoms with E-state index >= 15 is 0 Å². The molecule has 2 rings (SSSR count). The summed E-state index contributed by atoms with van der Waals surface area (Å²) in [5, 5.41) is 0. The molecule has 4 nitrogen and oxygen atoms in total. The maximum absolute atomic E-state index is 12.5. The zero-order chi connectivity index (χ0) is 15.5. The number of nitrogens with one attached hydrogen (secondary N) is 1. The molecule has 1 fully saturated rings. The molecule has 1 N–H and O–H groups in total. The van der Waals surface area contributed by atoms with Crippen LogP contribution < -0.4 is 4.72 Å². The predicted molar refractivity (Wildman–Crippen MR) is 91.9 cm³/mol. The highest BCUT2D eigenvalue weighted by Crippen LogP contribution is 2.26. The van der Waals surface area contributed by atoms with Crippen LogP contribution in [0.25, 0.3) is 0 Å². The fourth-order valence-electron chi connectivity index (χ4n) is 2.56. The third-order valence-electron chi connectivity index (χ3n) is 3.63. The van der Waals surface area contributed by atoms with Gasteiger partial charge in [0.05, 0.1) is 4.90 Å². The number of halogens is 2. The van der Waals surface area contributed by atoms with Crippen molar-refractivity contribution in [1.82, 2.24) is 9.62 Å². The summed E-state index contributed by atoms with van der Waals surface area (Å²) in [6.45, 7) is 5.18. The van der Waals surface area contributed by atoms with Crippen molar-refractivity contribution >= 4 is 41.9 Å². The van der Waals surface area contributed by atoms with Crippen LogP contribution in [0.2, 0.25) is 0 Å². The number of benzene rings is 1. The van der Waals surface area contributed by atoms with Gasteiger partial charge in [-0.25, -0.2) is 13.1 Å². The summed E-state index contributed by atoms with van der Waals surface area (Å²) in [6.07, 6.45) is 2.87. The molecule has 0 aliphatic carbocycles. The quantitative estimate of drug-likeness (QED) is 0.765. The molecule has 1 heterocycles. The molecule has 0 spiro atoms. The van der Waals surface area contributed by atoms with Gasteiger partial charge in [0.25, 0.3) is 0 Å². The summed E-state index contributed by atoms with van der Waals surface area (Å²) in [4.78, 5) is 2.67. The lowest BCUT2D eigenvalue weighted by Crippen LogP contribution is -2.44. The van der Waals surface area contributed by atoms with Gasteiger partial charge in [-0.2, -0.15) is 0 Å². The molecule has 7 heteroatoms. The standard InChI is InChI=1S/C14H20Br2N2O2S/c1-2-7-18-8-5-12(6-9-18)17-21(19,20)14-10-11(15)3-4-13(14)16/h3-4,10,12,17H,2,5-9H2,1H3. The van der Waals surface area contributed by atoms with Crippen LogP contribution in [0.4, 0.5) is 0 Å². The van der Waals surface area contributed by atoms with E-state index in [0.29, 0.717) is 4.47 Å². The molecule has 1 saturated heterocycles. The zero-order valence-electron chi connectivity index (χ0n) is 12.0. The van der Waals surface area contributed by atoms with Gasteiger partial charge in [0.15, 0.2) is 0 Å². The van der Waals surface area contributed by atoms with Gasteiger partial charge in [-0.1, -0.05) is 22.9 Å². The fourth-order valence-corrected chi connectivity index (χ4v) is 5.36. The summed E-state index contributed by atoms with van der Waals surface area (Å²) in [7, 11) is -3.49. The van der Waals surface area contributed by atoms with Crippen LogP contribution in [-0.4, -0.2) is 39.0 Å². The molecule has 0 saturated carbocycles. The molecule has 0 amide bonds.